The zero-order valence-electron chi connectivity index (χ0n) is 18.7. The van der Waals surface area contributed by atoms with E-state index in [0.717, 1.165) is 10.6 Å². The first-order valence-electron chi connectivity index (χ1n) is 10.4. The molecule has 12 heteroatoms. The highest BCUT2D eigenvalue weighted by molar-refractivity contribution is 7.92. The maximum Gasteiger partial charge on any atom is 0.267 e. The van der Waals surface area contributed by atoms with Crippen molar-refractivity contribution in [2.45, 2.75) is 17.9 Å². The molecule has 1 aliphatic rings. The third-order valence-corrected chi connectivity index (χ3v) is 8.07. The van der Waals surface area contributed by atoms with E-state index in [1.165, 1.54) is 30.3 Å². The molecule has 1 heterocycles. The largest absolute Gasteiger partial charge is 0.476 e. The summed E-state index contributed by atoms with van der Waals surface area (Å²) in [7, 11) is -7.54. The number of carbonyl (C=O) groups is 1. The molecule has 3 aromatic carbocycles. The molecule has 9 nitrogen and oxygen atoms in total. The second-order valence-corrected chi connectivity index (χ2v) is 12.0. The van der Waals surface area contributed by atoms with E-state index in [9.17, 15) is 21.6 Å². The summed E-state index contributed by atoms with van der Waals surface area (Å²) in [5.74, 6) is -0.301. The normalized spacial score (nSPS) is 15.6. The number of hydrogen-bond acceptors (Lipinski definition) is 6. The lowest BCUT2D eigenvalue weighted by Gasteiger charge is -2.33. The third kappa shape index (κ3) is 5.53. The topological polar surface area (TPSA) is 122 Å². The maximum atomic E-state index is 12.8. The molecule has 4 rings (SSSR count). The van der Waals surface area contributed by atoms with Gasteiger partial charge in [-0.25, -0.2) is 16.8 Å². The third-order valence-electron chi connectivity index (χ3n) is 5.30. The van der Waals surface area contributed by atoms with Crippen LogP contribution in [-0.2, 0) is 24.8 Å². The van der Waals surface area contributed by atoms with Crippen molar-refractivity contribution in [2.75, 3.05) is 27.1 Å². The number of anilines is 3. The van der Waals surface area contributed by atoms with Gasteiger partial charge in [0, 0.05) is 10.7 Å². The van der Waals surface area contributed by atoms with Gasteiger partial charge in [-0.05, 0) is 61.0 Å². The summed E-state index contributed by atoms with van der Waals surface area (Å²) in [6.45, 7) is 1.56. The predicted molar refractivity (Wildman–Crippen MR) is 135 cm³/mol. The lowest BCUT2D eigenvalue weighted by molar-refractivity contribution is -0.122. The molecule has 2 N–H and O–H groups in total. The van der Waals surface area contributed by atoms with E-state index in [0.29, 0.717) is 27.6 Å². The minimum atomic E-state index is -3.89. The van der Waals surface area contributed by atoms with E-state index in [1.807, 2.05) is 0 Å². The summed E-state index contributed by atoms with van der Waals surface area (Å²) in [4.78, 5) is 12.8. The zero-order chi connectivity index (χ0) is 25.4. The van der Waals surface area contributed by atoms with Gasteiger partial charge in [0.05, 0.1) is 29.1 Å². The maximum absolute atomic E-state index is 12.8. The Labute approximate surface area is 208 Å². The number of ether oxygens (including phenoxy) is 1. The Bertz CT molecular complexity index is 1490. The summed E-state index contributed by atoms with van der Waals surface area (Å²) in [6, 6.07) is 17.0. The molecule has 0 saturated heterocycles. The van der Waals surface area contributed by atoms with Gasteiger partial charge in [0.1, 0.15) is 5.75 Å². The molecule has 1 atom stereocenters. The Hall–Kier alpha value is -3.28. The van der Waals surface area contributed by atoms with Crippen molar-refractivity contribution >= 4 is 54.6 Å². The number of aryl methyl sites for hydroxylation is 1. The van der Waals surface area contributed by atoms with Crippen molar-refractivity contribution in [2.24, 2.45) is 0 Å². The van der Waals surface area contributed by atoms with Gasteiger partial charge in [-0.15, -0.1) is 0 Å². The molecule has 0 fully saturated rings. The molecule has 35 heavy (non-hydrogen) atoms. The van der Waals surface area contributed by atoms with Crippen LogP contribution in [0.1, 0.15) is 5.56 Å². The smallest absolute Gasteiger partial charge is 0.267 e. The molecule has 0 unspecified atom stereocenters. The first-order valence-corrected chi connectivity index (χ1v) is 14.1. The van der Waals surface area contributed by atoms with Gasteiger partial charge in [0.25, 0.3) is 15.9 Å². The fourth-order valence-corrected chi connectivity index (χ4v) is 5.71. The highest BCUT2D eigenvalue weighted by Gasteiger charge is 2.34. The van der Waals surface area contributed by atoms with Crippen molar-refractivity contribution in [3.63, 3.8) is 0 Å². The van der Waals surface area contributed by atoms with Crippen molar-refractivity contribution in [1.29, 1.82) is 0 Å². The Kier molecular flexibility index (Phi) is 6.67. The molecular weight excluding hydrogens is 514 g/mol. The van der Waals surface area contributed by atoms with Gasteiger partial charge in [-0.3, -0.25) is 13.8 Å². The van der Waals surface area contributed by atoms with Crippen LogP contribution in [0.4, 0.5) is 17.1 Å². The Morgan fingerprint density at radius 1 is 1.03 bits per heavy atom. The number of halogens is 1. The standard InChI is InChI=1S/C23H22ClN3O6S2/c1-15-7-8-16(24)13-19(15)26-35(31,32)18-11-9-17(10-12-18)25-23(28)22-14-27(34(2,29)30)20-5-3-4-6-21(20)33-22/h3-13,22,26H,14H2,1-2H3,(H,25,28)/t22-/m0/s1. The fraction of sp³-hybridized carbons (Fsp3) is 0.174. The molecule has 0 aromatic heterocycles. The van der Waals surface area contributed by atoms with Gasteiger partial charge in [-0.2, -0.15) is 0 Å². The molecule has 0 spiro atoms. The first-order chi connectivity index (χ1) is 16.4. The van der Waals surface area contributed by atoms with Crippen LogP contribution in [-0.4, -0.2) is 41.6 Å². The summed E-state index contributed by atoms with van der Waals surface area (Å²) in [5, 5.41) is 3.04. The summed E-state index contributed by atoms with van der Waals surface area (Å²) < 4.78 is 59.4. The number of carbonyl (C=O) groups excluding carboxylic acids is 1. The van der Waals surface area contributed by atoms with Crippen molar-refractivity contribution < 1.29 is 26.4 Å². The lowest BCUT2D eigenvalue weighted by Crippen LogP contribution is -2.48. The molecule has 3 aromatic rings. The number of benzene rings is 3. The SMILES string of the molecule is Cc1ccc(Cl)cc1NS(=O)(=O)c1ccc(NC(=O)[C@@H]2CN(S(C)(=O)=O)c3ccccc3O2)cc1. The summed E-state index contributed by atoms with van der Waals surface area (Å²) >= 11 is 5.97. The van der Waals surface area contributed by atoms with E-state index in [1.54, 1.807) is 43.3 Å². The number of amides is 1. The average molecular weight is 536 g/mol. The average Bonchev–Trinajstić information content (AvgIpc) is 2.80. The molecule has 0 bridgehead atoms. The quantitative estimate of drug-likeness (QED) is 0.497. The molecule has 0 saturated carbocycles. The highest BCUT2D eigenvalue weighted by Crippen LogP contribution is 2.35. The van der Waals surface area contributed by atoms with Gasteiger partial charge >= 0.3 is 0 Å². The molecule has 1 amide bonds. The number of nitrogens with one attached hydrogen (secondary N) is 2. The number of hydrogen-bond donors (Lipinski definition) is 2. The van der Waals surface area contributed by atoms with Crippen LogP contribution in [0.25, 0.3) is 0 Å². The molecule has 0 radical (unpaired) electrons. The molecule has 0 aliphatic carbocycles. The predicted octanol–water partition coefficient (Wildman–Crippen LogP) is 3.61. The Morgan fingerprint density at radius 3 is 2.40 bits per heavy atom. The molecular formula is C23H22ClN3O6S2. The molecule has 184 valence electrons. The van der Waals surface area contributed by atoms with Crippen molar-refractivity contribution in [3.8, 4) is 5.75 Å². The number of fused-ring (bicyclic) bond motifs is 1. The van der Waals surface area contributed by atoms with Gasteiger partial charge in [-0.1, -0.05) is 29.8 Å². The van der Waals surface area contributed by atoms with Crippen LogP contribution in [0.3, 0.4) is 0 Å². The van der Waals surface area contributed by atoms with Crippen LogP contribution in [0.2, 0.25) is 5.02 Å². The highest BCUT2D eigenvalue weighted by atomic mass is 35.5. The zero-order valence-corrected chi connectivity index (χ0v) is 21.1. The number of para-hydroxylation sites is 2. The van der Waals surface area contributed by atoms with E-state index < -0.39 is 32.1 Å². The minimum absolute atomic E-state index is 0.0130. The first kappa shape index (κ1) is 24.8. The summed E-state index contributed by atoms with van der Waals surface area (Å²) in [5.41, 5.74) is 1.75. The van der Waals surface area contributed by atoms with Crippen molar-refractivity contribution in [3.05, 3.63) is 77.3 Å². The van der Waals surface area contributed by atoms with E-state index in [4.69, 9.17) is 16.3 Å². The lowest BCUT2D eigenvalue weighted by atomic mass is 10.2. The van der Waals surface area contributed by atoms with Crippen LogP contribution in [0, 0.1) is 6.92 Å². The van der Waals surface area contributed by atoms with Crippen LogP contribution in [0.15, 0.2) is 71.6 Å². The molecule has 1 aliphatic heterocycles. The van der Waals surface area contributed by atoms with Crippen LogP contribution in [0.5, 0.6) is 5.75 Å². The van der Waals surface area contributed by atoms with Crippen molar-refractivity contribution in [1.82, 2.24) is 0 Å². The second-order valence-electron chi connectivity index (χ2n) is 7.95. The summed E-state index contributed by atoms with van der Waals surface area (Å²) in [6.07, 6.45) is -0.0437. The Balaban J connectivity index is 1.49. The Morgan fingerprint density at radius 2 is 1.71 bits per heavy atom. The van der Waals surface area contributed by atoms with Gasteiger partial charge in [0.2, 0.25) is 10.0 Å². The number of rotatable bonds is 6. The van der Waals surface area contributed by atoms with E-state index in [-0.39, 0.29) is 17.2 Å². The second kappa shape index (κ2) is 9.40. The van der Waals surface area contributed by atoms with E-state index in [2.05, 4.69) is 10.0 Å². The monoisotopic (exact) mass is 535 g/mol. The van der Waals surface area contributed by atoms with Gasteiger partial charge < -0.3 is 10.1 Å². The van der Waals surface area contributed by atoms with E-state index >= 15 is 0 Å². The van der Waals surface area contributed by atoms with Crippen LogP contribution >= 0.6 is 11.6 Å². The number of nitrogens with zero attached hydrogens (tertiary/aromatic N) is 1. The number of sulfonamides is 2. The minimum Gasteiger partial charge on any atom is -0.476 e. The van der Waals surface area contributed by atoms with Crippen LogP contribution < -0.4 is 19.1 Å². The fourth-order valence-electron chi connectivity index (χ4n) is 3.50. The van der Waals surface area contributed by atoms with Gasteiger partial charge in [0.15, 0.2) is 6.10 Å².